The molecule has 0 N–H and O–H groups in total. The molecule has 2 aromatic rings. The number of carbonyl (C=O) groups is 1. The Hall–Kier alpha value is -2.56. The van der Waals surface area contributed by atoms with Gasteiger partial charge in [-0.1, -0.05) is 26.0 Å². The molecule has 144 valence electrons. The van der Waals surface area contributed by atoms with Crippen molar-refractivity contribution in [3.05, 3.63) is 59.4 Å². The zero-order valence-electron chi connectivity index (χ0n) is 16.1. The zero-order valence-corrected chi connectivity index (χ0v) is 16.1. The first-order valence-corrected chi connectivity index (χ1v) is 9.34. The van der Waals surface area contributed by atoms with Gasteiger partial charge in [0.1, 0.15) is 5.82 Å². The molecule has 5 heteroatoms. The summed E-state index contributed by atoms with van der Waals surface area (Å²) in [6.45, 7) is 5.13. The molecule has 1 fully saturated rings. The summed E-state index contributed by atoms with van der Waals surface area (Å²) in [5.74, 6) is 1.21. The van der Waals surface area contributed by atoms with E-state index >= 15 is 0 Å². The lowest BCUT2D eigenvalue weighted by Gasteiger charge is -2.23. The van der Waals surface area contributed by atoms with E-state index < -0.39 is 0 Å². The van der Waals surface area contributed by atoms with Gasteiger partial charge in [-0.05, 0) is 54.7 Å². The lowest BCUT2D eigenvalue weighted by Crippen LogP contribution is -2.32. The summed E-state index contributed by atoms with van der Waals surface area (Å²) in [5, 5.41) is 0. The molecule has 3 rings (SSSR count). The fraction of sp³-hybridized carbons (Fsp3) is 0.409. The highest BCUT2D eigenvalue weighted by atomic mass is 19.1. The summed E-state index contributed by atoms with van der Waals surface area (Å²) >= 11 is 0. The summed E-state index contributed by atoms with van der Waals surface area (Å²) in [6.07, 6.45) is 1.96. The highest BCUT2D eigenvalue weighted by Crippen LogP contribution is 2.33. The van der Waals surface area contributed by atoms with Crippen LogP contribution in [-0.4, -0.2) is 30.6 Å². The topological polar surface area (TPSA) is 38.8 Å². The van der Waals surface area contributed by atoms with Gasteiger partial charge in [-0.2, -0.15) is 0 Å². The average Bonchev–Trinajstić information content (AvgIpc) is 3.49. The molecule has 0 saturated heterocycles. The normalized spacial score (nSPS) is 13.5. The average molecular weight is 371 g/mol. The lowest BCUT2D eigenvalue weighted by atomic mass is 10.1. The Kier molecular flexibility index (Phi) is 5.99. The first-order chi connectivity index (χ1) is 13.0. The summed E-state index contributed by atoms with van der Waals surface area (Å²) < 4.78 is 24.7. The summed E-state index contributed by atoms with van der Waals surface area (Å²) in [6, 6.07) is 11.9. The molecule has 1 amide bonds. The van der Waals surface area contributed by atoms with Crippen molar-refractivity contribution in [2.45, 2.75) is 39.3 Å². The Labute approximate surface area is 159 Å². The van der Waals surface area contributed by atoms with E-state index in [2.05, 4.69) is 13.8 Å². The number of hydrogen-bond donors (Lipinski definition) is 0. The predicted octanol–water partition coefficient (Wildman–Crippen LogP) is 4.67. The van der Waals surface area contributed by atoms with Crippen LogP contribution >= 0.6 is 0 Å². The van der Waals surface area contributed by atoms with Crippen molar-refractivity contribution < 1.29 is 18.7 Å². The third-order valence-electron chi connectivity index (χ3n) is 4.47. The number of benzene rings is 2. The third-order valence-corrected chi connectivity index (χ3v) is 4.47. The van der Waals surface area contributed by atoms with Crippen molar-refractivity contribution >= 4 is 5.91 Å². The first-order valence-electron chi connectivity index (χ1n) is 9.34. The van der Waals surface area contributed by atoms with Crippen molar-refractivity contribution in [1.82, 2.24) is 4.90 Å². The van der Waals surface area contributed by atoms with E-state index in [1.807, 2.05) is 11.0 Å². The molecule has 0 heterocycles. The van der Waals surface area contributed by atoms with Gasteiger partial charge in [0.25, 0.3) is 5.91 Å². The van der Waals surface area contributed by atoms with Gasteiger partial charge < -0.3 is 14.4 Å². The molecule has 1 aliphatic rings. The Morgan fingerprint density at radius 3 is 2.59 bits per heavy atom. The van der Waals surface area contributed by atoms with Crippen molar-refractivity contribution in [1.29, 1.82) is 0 Å². The predicted molar refractivity (Wildman–Crippen MR) is 103 cm³/mol. The third kappa shape index (κ3) is 5.00. The van der Waals surface area contributed by atoms with Crippen molar-refractivity contribution in [2.75, 3.05) is 13.7 Å². The number of hydrogen-bond acceptors (Lipinski definition) is 3. The summed E-state index contributed by atoms with van der Waals surface area (Å²) in [4.78, 5) is 14.9. The maximum absolute atomic E-state index is 13.5. The van der Waals surface area contributed by atoms with Gasteiger partial charge in [0.05, 0.1) is 13.7 Å². The number of amides is 1. The van der Waals surface area contributed by atoms with E-state index in [9.17, 15) is 9.18 Å². The molecule has 0 atom stereocenters. The molecule has 0 bridgehead atoms. The second kappa shape index (κ2) is 8.42. The minimum absolute atomic E-state index is 0.0736. The van der Waals surface area contributed by atoms with Crippen LogP contribution in [0.1, 0.15) is 42.6 Å². The Morgan fingerprint density at radius 2 is 1.96 bits per heavy atom. The van der Waals surface area contributed by atoms with Gasteiger partial charge in [0.15, 0.2) is 11.5 Å². The molecule has 0 unspecified atom stereocenters. The Balaban J connectivity index is 1.79. The van der Waals surface area contributed by atoms with Crippen molar-refractivity contribution in [3.63, 3.8) is 0 Å². The van der Waals surface area contributed by atoms with Crippen LogP contribution in [0.3, 0.4) is 0 Å². The number of halogens is 1. The molecule has 1 aliphatic carbocycles. The molecule has 0 spiro atoms. The maximum Gasteiger partial charge on any atom is 0.254 e. The molecule has 0 aliphatic heterocycles. The van der Waals surface area contributed by atoms with Gasteiger partial charge >= 0.3 is 0 Å². The van der Waals surface area contributed by atoms with Crippen LogP contribution in [0.15, 0.2) is 42.5 Å². The molecule has 0 aromatic heterocycles. The van der Waals surface area contributed by atoms with E-state index in [-0.39, 0.29) is 17.8 Å². The van der Waals surface area contributed by atoms with Crippen LogP contribution < -0.4 is 9.47 Å². The smallest absolute Gasteiger partial charge is 0.254 e. The van der Waals surface area contributed by atoms with Crippen LogP contribution in [0.5, 0.6) is 11.5 Å². The fourth-order valence-electron chi connectivity index (χ4n) is 2.93. The van der Waals surface area contributed by atoms with E-state index in [0.29, 0.717) is 36.1 Å². The van der Waals surface area contributed by atoms with Crippen molar-refractivity contribution in [3.8, 4) is 11.5 Å². The van der Waals surface area contributed by atoms with E-state index in [1.54, 1.807) is 31.4 Å². The summed E-state index contributed by atoms with van der Waals surface area (Å²) in [7, 11) is 1.57. The lowest BCUT2D eigenvalue weighted by molar-refractivity contribution is 0.0729. The van der Waals surface area contributed by atoms with Gasteiger partial charge in [-0.25, -0.2) is 4.39 Å². The van der Waals surface area contributed by atoms with Crippen LogP contribution in [0.25, 0.3) is 0 Å². The Morgan fingerprint density at radius 1 is 1.19 bits per heavy atom. The Bertz CT molecular complexity index is 802. The van der Waals surface area contributed by atoms with E-state index in [1.165, 1.54) is 12.1 Å². The first kappa shape index (κ1) is 19.2. The molecule has 0 radical (unpaired) electrons. The number of carbonyl (C=O) groups excluding carboxylic acids is 1. The van der Waals surface area contributed by atoms with Gasteiger partial charge in [0, 0.05) is 18.2 Å². The molecular weight excluding hydrogens is 345 g/mol. The second-order valence-corrected chi connectivity index (χ2v) is 7.36. The monoisotopic (exact) mass is 371 g/mol. The van der Waals surface area contributed by atoms with Gasteiger partial charge in [-0.3, -0.25) is 4.79 Å². The highest BCUT2D eigenvalue weighted by Gasteiger charge is 2.33. The molecule has 4 nitrogen and oxygen atoms in total. The number of nitrogens with zero attached hydrogens (tertiary/aromatic N) is 1. The molecule has 1 saturated carbocycles. The second-order valence-electron chi connectivity index (χ2n) is 7.36. The largest absolute Gasteiger partial charge is 0.493 e. The molecule has 27 heavy (non-hydrogen) atoms. The van der Waals surface area contributed by atoms with Gasteiger partial charge in [0.2, 0.25) is 0 Å². The maximum atomic E-state index is 13.5. The van der Waals surface area contributed by atoms with Crippen LogP contribution in [0.2, 0.25) is 0 Å². The van der Waals surface area contributed by atoms with E-state index in [0.717, 1.165) is 18.4 Å². The van der Waals surface area contributed by atoms with Crippen LogP contribution in [0, 0.1) is 11.7 Å². The quantitative estimate of drug-likeness (QED) is 0.677. The number of rotatable bonds is 8. The summed E-state index contributed by atoms with van der Waals surface area (Å²) in [5.41, 5.74) is 1.34. The minimum atomic E-state index is -0.288. The van der Waals surface area contributed by atoms with Crippen molar-refractivity contribution in [2.24, 2.45) is 5.92 Å². The number of ether oxygens (including phenoxy) is 2. The van der Waals surface area contributed by atoms with Crippen LogP contribution in [-0.2, 0) is 6.54 Å². The zero-order chi connectivity index (χ0) is 19.4. The van der Waals surface area contributed by atoms with Crippen LogP contribution in [0.4, 0.5) is 4.39 Å². The molecule has 2 aromatic carbocycles. The standard InChI is InChI=1S/C22H26FNO3/c1-15(2)14-27-20-10-7-17(12-21(20)26-3)22(25)24(19-8-9-19)13-16-5-4-6-18(23)11-16/h4-7,10-12,15,19H,8-9,13-14H2,1-3H3. The fourth-order valence-corrected chi connectivity index (χ4v) is 2.93. The molecular formula is C22H26FNO3. The SMILES string of the molecule is COc1cc(C(=O)N(Cc2cccc(F)c2)C2CC2)ccc1OCC(C)C. The minimum Gasteiger partial charge on any atom is -0.493 e. The van der Waals surface area contributed by atoms with Gasteiger partial charge in [-0.15, -0.1) is 0 Å². The highest BCUT2D eigenvalue weighted by molar-refractivity contribution is 5.95. The van der Waals surface area contributed by atoms with E-state index in [4.69, 9.17) is 9.47 Å². The number of methoxy groups -OCH3 is 1.